The Hall–Kier alpha value is -0.740. The topological polar surface area (TPSA) is 39.2 Å². The molecule has 0 aromatic carbocycles. The quantitative estimate of drug-likeness (QED) is 0.780. The zero-order valence-corrected chi connectivity index (χ0v) is 11.4. The number of carbonyl (C=O) groups excluding carboxylic acids is 1. The van der Waals surface area contributed by atoms with E-state index in [2.05, 4.69) is 20.9 Å². The molecule has 0 saturated heterocycles. The Kier molecular flexibility index (Phi) is 4.62. The molecule has 1 rings (SSSR count). The lowest BCUT2D eigenvalue weighted by molar-refractivity contribution is 0.0141. The Bertz CT molecular complexity index is 360. The number of Topliss-reactive ketones (excluding diaryl/α,β-unsaturated/α-hetero) is 1. The molecule has 88 valence electrons. The van der Waals surface area contributed by atoms with E-state index in [4.69, 9.17) is 4.74 Å². The largest absolute Gasteiger partial charge is 0.379 e. The summed E-state index contributed by atoms with van der Waals surface area (Å²) < 4.78 is 6.14. The fourth-order valence-corrected chi connectivity index (χ4v) is 1.42. The lowest BCUT2D eigenvalue weighted by Crippen LogP contribution is -2.23. The summed E-state index contributed by atoms with van der Waals surface area (Å²) in [5, 5.41) is 0. The predicted molar refractivity (Wildman–Crippen MR) is 66.6 cm³/mol. The minimum Gasteiger partial charge on any atom is -0.379 e. The van der Waals surface area contributed by atoms with E-state index in [1.807, 2.05) is 19.9 Å². The Morgan fingerprint density at radius 3 is 2.69 bits per heavy atom. The molecule has 0 fully saturated rings. The lowest BCUT2D eigenvalue weighted by atomic mass is 9.99. The smallest absolute Gasteiger partial charge is 0.181 e. The second-order valence-corrected chi connectivity index (χ2v) is 5.16. The van der Waals surface area contributed by atoms with Crippen molar-refractivity contribution in [1.29, 1.82) is 0 Å². The maximum Gasteiger partial charge on any atom is 0.181 e. The average Bonchev–Trinajstić information content (AvgIpc) is 2.27. The summed E-state index contributed by atoms with van der Waals surface area (Å²) in [6.07, 6.45) is 2.78. The molecule has 4 heteroatoms. The second-order valence-electron chi connectivity index (χ2n) is 4.25. The van der Waals surface area contributed by atoms with Gasteiger partial charge in [0.05, 0.1) is 5.60 Å². The normalized spacial score (nSPS) is 11.5. The molecule has 0 radical (unpaired) electrons. The molecular weight excluding hydrogens is 270 g/mol. The fraction of sp³-hybridized carbons (Fsp3) is 0.500. The van der Waals surface area contributed by atoms with Crippen LogP contribution in [0.15, 0.2) is 22.8 Å². The monoisotopic (exact) mass is 285 g/mol. The lowest BCUT2D eigenvalue weighted by Gasteiger charge is -2.21. The minimum atomic E-state index is -0.259. The maximum absolute atomic E-state index is 11.8. The zero-order chi connectivity index (χ0) is 12.2. The van der Waals surface area contributed by atoms with Gasteiger partial charge in [0.1, 0.15) is 5.69 Å². The first-order chi connectivity index (χ1) is 7.44. The van der Waals surface area contributed by atoms with Gasteiger partial charge in [0.2, 0.25) is 0 Å². The molecule has 16 heavy (non-hydrogen) atoms. The Morgan fingerprint density at radius 2 is 2.19 bits per heavy atom. The molecule has 0 aliphatic rings. The molecule has 0 atom stereocenters. The van der Waals surface area contributed by atoms with E-state index in [-0.39, 0.29) is 11.4 Å². The van der Waals surface area contributed by atoms with Crippen molar-refractivity contribution in [2.75, 3.05) is 7.11 Å². The molecule has 1 aromatic rings. The first-order valence-electron chi connectivity index (χ1n) is 5.14. The zero-order valence-electron chi connectivity index (χ0n) is 9.79. The Morgan fingerprint density at radius 1 is 1.50 bits per heavy atom. The molecule has 0 saturated carbocycles. The summed E-state index contributed by atoms with van der Waals surface area (Å²) in [5.74, 6) is 0.0534. The third-order valence-electron chi connectivity index (χ3n) is 2.52. The average molecular weight is 286 g/mol. The second kappa shape index (κ2) is 5.55. The fourth-order valence-electron chi connectivity index (χ4n) is 1.19. The van der Waals surface area contributed by atoms with Crippen molar-refractivity contribution in [1.82, 2.24) is 4.98 Å². The summed E-state index contributed by atoms with van der Waals surface area (Å²) in [6.45, 7) is 3.94. The molecule has 1 heterocycles. The number of nitrogens with zero attached hydrogens (tertiary/aromatic N) is 1. The first-order valence-corrected chi connectivity index (χ1v) is 5.94. The number of hydrogen-bond donors (Lipinski definition) is 0. The molecule has 0 unspecified atom stereocenters. The van der Waals surface area contributed by atoms with Gasteiger partial charge >= 0.3 is 0 Å². The van der Waals surface area contributed by atoms with E-state index in [0.29, 0.717) is 18.5 Å². The third kappa shape index (κ3) is 4.02. The highest BCUT2D eigenvalue weighted by molar-refractivity contribution is 9.10. The number of halogens is 1. The summed E-state index contributed by atoms with van der Waals surface area (Å²) in [6, 6.07) is 3.55. The molecule has 0 spiro atoms. The van der Waals surface area contributed by atoms with Crippen LogP contribution in [-0.2, 0) is 4.74 Å². The number of carbonyl (C=O) groups is 1. The summed E-state index contributed by atoms with van der Waals surface area (Å²) in [4.78, 5) is 15.9. The summed E-state index contributed by atoms with van der Waals surface area (Å²) in [7, 11) is 1.66. The predicted octanol–water partition coefficient (Wildman–Crippen LogP) is 3.23. The van der Waals surface area contributed by atoms with E-state index in [1.165, 1.54) is 0 Å². The molecule has 1 aromatic heterocycles. The van der Waals surface area contributed by atoms with Gasteiger partial charge in [-0.2, -0.15) is 0 Å². The van der Waals surface area contributed by atoms with E-state index >= 15 is 0 Å². The van der Waals surface area contributed by atoms with Gasteiger partial charge < -0.3 is 4.74 Å². The molecule has 0 amide bonds. The van der Waals surface area contributed by atoms with Gasteiger partial charge in [-0.25, -0.2) is 0 Å². The van der Waals surface area contributed by atoms with Crippen LogP contribution >= 0.6 is 15.9 Å². The van der Waals surface area contributed by atoms with Crippen LogP contribution in [0.3, 0.4) is 0 Å². The molecular formula is C12H16BrNO2. The van der Waals surface area contributed by atoms with Crippen LogP contribution in [0.2, 0.25) is 0 Å². The van der Waals surface area contributed by atoms with Crippen molar-refractivity contribution in [2.45, 2.75) is 32.3 Å². The van der Waals surface area contributed by atoms with Gasteiger partial charge in [-0.1, -0.05) is 0 Å². The van der Waals surface area contributed by atoms with Gasteiger partial charge in [-0.3, -0.25) is 9.78 Å². The van der Waals surface area contributed by atoms with Crippen LogP contribution in [0.5, 0.6) is 0 Å². The number of aromatic nitrogens is 1. The highest BCUT2D eigenvalue weighted by Crippen LogP contribution is 2.17. The van der Waals surface area contributed by atoms with E-state index in [9.17, 15) is 4.79 Å². The number of methoxy groups -OCH3 is 1. The highest BCUT2D eigenvalue weighted by atomic mass is 79.9. The van der Waals surface area contributed by atoms with Crippen LogP contribution in [-0.4, -0.2) is 23.5 Å². The number of hydrogen-bond acceptors (Lipinski definition) is 3. The SMILES string of the molecule is COC(C)(C)CCC(=O)c1ccc(Br)cn1. The number of rotatable bonds is 5. The van der Waals surface area contributed by atoms with Crippen LogP contribution in [0.4, 0.5) is 0 Å². The van der Waals surface area contributed by atoms with Gasteiger partial charge in [-0.05, 0) is 48.3 Å². The van der Waals surface area contributed by atoms with Crippen LogP contribution in [0.25, 0.3) is 0 Å². The van der Waals surface area contributed by atoms with Crippen molar-refractivity contribution in [3.63, 3.8) is 0 Å². The van der Waals surface area contributed by atoms with Gasteiger partial charge in [-0.15, -0.1) is 0 Å². The molecule has 0 aliphatic heterocycles. The molecule has 0 bridgehead atoms. The highest BCUT2D eigenvalue weighted by Gasteiger charge is 2.18. The number of ketones is 1. The van der Waals surface area contributed by atoms with Crippen LogP contribution < -0.4 is 0 Å². The van der Waals surface area contributed by atoms with E-state index < -0.39 is 0 Å². The van der Waals surface area contributed by atoms with Crippen molar-refractivity contribution in [3.8, 4) is 0 Å². The van der Waals surface area contributed by atoms with Crippen molar-refractivity contribution in [3.05, 3.63) is 28.5 Å². The van der Waals surface area contributed by atoms with Gasteiger partial charge in [0, 0.05) is 24.2 Å². The minimum absolute atomic E-state index is 0.0534. The Labute approximate surface area is 104 Å². The molecule has 3 nitrogen and oxygen atoms in total. The van der Waals surface area contributed by atoms with Crippen molar-refractivity contribution >= 4 is 21.7 Å². The maximum atomic E-state index is 11.8. The first kappa shape index (κ1) is 13.3. The summed E-state index contributed by atoms with van der Waals surface area (Å²) in [5.41, 5.74) is 0.250. The third-order valence-corrected chi connectivity index (χ3v) is 2.99. The van der Waals surface area contributed by atoms with E-state index in [1.54, 1.807) is 19.4 Å². The van der Waals surface area contributed by atoms with Crippen molar-refractivity contribution < 1.29 is 9.53 Å². The van der Waals surface area contributed by atoms with Crippen LogP contribution in [0, 0.1) is 0 Å². The van der Waals surface area contributed by atoms with E-state index in [0.717, 1.165) is 4.47 Å². The summed E-state index contributed by atoms with van der Waals surface area (Å²) >= 11 is 3.28. The Balaban J connectivity index is 2.56. The standard InChI is InChI=1S/C12H16BrNO2/c1-12(2,16-3)7-6-11(15)10-5-4-9(13)8-14-10/h4-5,8H,6-7H2,1-3H3. The molecule has 0 aliphatic carbocycles. The number of ether oxygens (including phenoxy) is 1. The van der Waals surface area contributed by atoms with Crippen LogP contribution in [0.1, 0.15) is 37.2 Å². The van der Waals surface area contributed by atoms with Gasteiger partial charge in [0.15, 0.2) is 5.78 Å². The van der Waals surface area contributed by atoms with Gasteiger partial charge in [0.25, 0.3) is 0 Å². The van der Waals surface area contributed by atoms with Crippen molar-refractivity contribution in [2.24, 2.45) is 0 Å². The molecule has 0 N–H and O–H groups in total. The number of pyridine rings is 1.